The summed E-state index contributed by atoms with van der Waals surface area (Å²) in [5.41, 5.74) is 5.63. The fourth-order valence-electron chi connectivity index (χ4n) is 2.09. The molecule has 1 saturated heterocycles. The zero-order valence-electron chi connectivity index (χ0n) is 11.5. The topological polar surface area (TPSA) is 92.9 Å². The van der Waals surface area contributed by atoms with E-state index in [4.69, 9.17) is 15.6 Å². The lowest BCUT2D eigenvalue weighted by atomic mass is 10.1. The maximum absolute atomic E-state index is 11.9. The van der Waals surface area contributed by atoms with Crippen molar-refractivity contribution in [3.05, 3.63) is 0 Å². The normalized spacial score (nSPS) is 18.3. The van der Waals surface area contributed by atoms with Crippen LogP contribution in [0, 0.1) is 0 Å². The predicted octanol–water partition coefficient (Wildman–Crippen LogP) is 0.596. The third kappa shape index (κ3) is 6.54. The quantitative estimate of drug-likeness (QED) is 0.708. The van der Waals surface area contributed by atoms with Crippen LogP contribution >= 0.6 is 0 Å². The second kappa shape index (κ2) is 8.12. The Hall–Kier alpha value is -1.14. The zero-order valence-corrected chi connectivity index (χ0v) is 11.5. The summed E-state index contributed by atoms with van der Waals surface area (Å²) in [5, 5.41) is 8.52. The van der Waals surface area contributed by atoms with Gasteiger partial charge in [0.1, 0.15) is 0 Å². The van der Waals surface area contributed by atoms with Crippen LogP contribution in [0.25, 0.3) is 0 Å². The molecule has 3 N–H and O–H groups in total. The molecule has 6 nitrogen and oxygen atoms in total. The maximum Gasteiger partial charge on any atom is 0.305 e. The number of carboxylic acids is 1. The van der Waals surface area contributed by atoms with E-state index in [-0.39, 0.29) is 31.1 Å². The van der Waals surface area contributed by atoms with E-state index < -0.39 is 5.97 Å². The second-order valence-electron chi connectivity index (χ2n) is 5.11. The van der Waals surface area contributed by atoms with Crippen LogP contribution in [0.15, 0.2) is 0 Å². The minimum Gasteiger partial charge on any atom is -0.481 e. The number of piperidine rings is 1. The highest BCUT2D eigenvalue weighted by Crippen LogP contribution is 2.15. The van der Waals surface area contributed by atoms with Crippen LogP contribution in [-0.4, -0.2) is 53.7 Å². The number of carbonyl (C=O) groups is 2. The Morgan fingerprint density at radius 1 is 1.37 bits per heavy atom. The Morgan fingerprint density at radius 2 is 2.00 bits per heavy atom. The Balaban J connectivity index is 2.17. The second-order valence-corrected chi connectivity index (χ2v) is 5.11. The van der Waals surface area contributed by atoms with Gasteiger partial charge in [0.05, 0.1) is 19.1 Å². The van der Waals surface area contributed by atoms with E-state index in [9.17, 15) is 9.59 Å². The lowest BCUT2D eigenvalue weighted by Crippen LogP contribution is -2.41. The summed E-state index contributed by atoms with van der Waals surface area (Å²) >= 11 is 0. The van der Waals surface area contributed by atoms with Gasteiger partial charge in [-0.15, -0.1) is 0 Å². The molecule has 0 aliphatic carbocycles. The van der Waals surface area contributed by atoms with Crippen molar-refractivity contribution in [2.24, 2.45) is 5.73 Å². The molecule has 1 fully saturated rings. The molecule has 6 heteroatoms. The smallest absolute Gasteiger partial charge is 0.305 e. The summed E-state index contributed by atoms with van der Waals surface area (Å²) in [6, 6.07) is 0.0563. The summed E-state index contributed by atoms with van der Waals surface area (Å²) in [6.07, 6.45) is 2.90. The highest BCUT2D eigenvalue weighted by Gasteiger charge is 2.23. The number of likely N-dealkylation sites (tertiary alicyclic amines) is 1. The van der Waals surface area contributed by atoms with Gasteiger partial charge in [0, 0.05) is 25.6 Å². The molecule has 0 bridgehead atoms. The summed E-state index contributed by atoms with van der Waals surface area (Å²) in [4.78, 5) is 24.1. The number of hydrogen-bond acceptors (Lipinski definition) is 4. The average Bonchev–Trinajstić information content (AvgIpc) is 2.36. The fraction of sp³-hybridized carbons (Fsp3) is 0.846. The van der Waals surface area contributed by atoms with E-state index in [1.165, 1.54) is 0 Å². The van der Waals surface area contributed by atoms with Gasteiger partial charge in [-0.1, -0.05) is 0 Å². The number of nitrogens with two attached hydrogens (primary N) is 1. The SMILES string of the molecule is CC(N)CCC(=O)N1CCC(OCCC(=O)O)CC1. The van der Waals surface area contributed by atoms with Crippen LogP contribution in [0.3, 0.4) is 0 Å². The molecule has 1 rings (SSSR count). The summed E-state index contributed by atoms with van der Waals surface area (Å²) in [5.74, 6) is -0.690. The Bertz CT molecular complexity index is 299. The van der Waals surface area contributed by atoms with Gasteiger partial charge in [-0.2, -0.15) is 0 Å². The minimum absolute atomic E-state index is 0.0353. The number of amides is 1. The van der Waals surface area contributed by atoms with E-state index in [1.807, 2.05) is 11.8 Å². The fourth-order valence-corrected chi connectivity index (χ4v) is 2.09. The molecule has 0 aromatic carbocycles. The lowest BCUT2D eigenvalue weighted by Gasteiger charge is -2.32. The Labute approximate surface area is 113 Å². The third-order valence-electron chi connectivity index (χ3n) is 3.28. The molecule has 1 amide bonds. The first kappa shape index (κ1) is 15.9. The van der Waals surface area contributed by atoms with Crippen molar-refractivity contribution in [1.82, 2.24) is 4.90 Å². The van der Waals surface area contributed by atoms with Crippen molar-refractivity contribution >= 4 is 11.9 Å². The Kier molecular flexibility index (Phi) is 6.80. The van der Waals surface area contributed by atoms with Gasteiger partial charge in [-0.25, -0.2) is 0 Å². The van der Waals surface area contributed by atoms with Crippen LogP contribution in [-0.2, 0) is 14.3 Å². The molecule has 110 valence electrons. The van der Waals surface area contributed by atoms with Crippen LogP contribution in [0.5, 0.6) is 0 Å². The molecule has 1 unspecified atom stereocenters. The molecule has 0 radical (unpaired) electrons. The summed E-state index contributed by atoms with van der Waals surface area (Å²) in [7, 11) is 0. The first-order chi connectivity index (χ1) is 8.99. The van der Waals surface area contributed by atoms with Crippen LogP contribution in [0.2, 0.25) is 0 Å². The highest BCUT2D eigenvalue weighted by molar-refractivity contribution is 5.76. The number of rotatable bonds is 7. The standard InChI is InChI=1S/C13H24N2O4/c1-10(14)2-3-12(16)15-7-4-11(5-8-15)19-9-6-13(17)18/h10-11H,2-9,14H2,1H3,(H,17,18). The first-order valence-electron chi connectivity index (χ1n) is 6.85. The van der Waals surface area contributed by atoms with Crippen molar-refractivity contribution < 1.29 is 19.4 Å². The number of carboxylic acid groups (broad SMARTS) is 1. The number of carbonyl (C=O) groups excluding carboxylic acids is 1. The number of ether oxygens (including phenoxy) is 1. The van der Waals surface area contributed by atoms with Gasteiger partial charge >= 0.3 is 5.97 Å². The van der Waals surface area contributed by atoms with Gasteiger partial charge in [0.2, 0.25) is 5.91 Å². The zero-order chi connectivity index (χ0) is 14.3. The average molecular weight is 272 g/mol. The third-order valence-corrected chi connectivity index (χ3v) is 3.28. The van der Waals surface area contributed by atoms with E-state index in [1.54, 1.807) is 0 Å². The molecule has 1 aliphatic rings. The largest absolute Gasteiger partial charge is 0.481 e. The van der Waals surface area contributed by atoms with Gasteiger partial charge in [0.15, 0.2) is 0 Å². The van der Waals surface area contributed by atoms with Crippen LogP contribution < -0.4 is 5.73 Å². The van der Waals surface area contributed by atoms with Crippen molar-refractivity contribution in [2.45, 2.75) is 51.2 Å². The molecule has 1 aliphatic heterocycles. The van der Waals surface area contributed by atoms with Gasteiger partial charge in [0.25, 0.3) is 0 Å². The van der Waals surface area contributed by atoms with Gasteiger partial charge < -0.3 is 20.5 Å². The number of hydrogen-bond donors (Lipinski definition) is 2. The van der Waals surface area contributed by atoms with E-state index >= 15 is 0 Å². The van der Waals surface area contributed by atoms with E-state index in [0.29, 0.717) is 25.9 Å². The molecule has 0 saturated carbocycles. The summed E-state index contributed by atoms with van der Waals surface area (Å²) in [6.45, 7) is 3.53. The molecular weight excluding hydrogens is 248 g/mol. The molecule has 0 spiro atoms. The molecular formula is C13H24N2O4. The highest BCUT2D eigenvalue weighted by atomic mass is 16.5. The van der Waals surface area contributed by atoms with Gasteiger partial charge in [-0.05, 0) is 26.2 Å². The molecule has 19 heavy (non-hydrogen) atoms. The van der Waals surface area contributed by atoms with Gasteiger partial charge in [-0.3, -0.25) is 9.59 Å². The maximum atomic E-state index is 11.9. The number of aliphatic carboxylic acids is 1. The Morgan fingerprint density at radius 3 is 2.53 bits per heavy atom. The van der Waals surface area contributed by atoms with Crippen molar-refractivity contribution in [3.8, 4) is 0 Å². The van der Waals surface area contributed by atoms with Crippen molar-refractivity contribution in [2.75, 3.05) is 19.7 Å². The summed E-state index contributed by atoms with van der Waals surface area (Å²) < 4.78 is 5.48. The molecule has 0 aromatic rings. The van der Waals surface area contributed by atoms with Crippen molar-refractivity contribution in [3.63, 3.8) is 0 Å². The molecule has 0 aromatic heterocycles. The molecule has 1 heterocycles. The number of nitrogens with zero attached hydrogens (tertiary/aromatic N) is 1. The molecule has 1 atom stereocenters. The first-order valence-corrected chi connectivity index (χ1v) is 6.85. The van der Waals surface area contributed by atoms with Crippen LogP contribution in [0.4, 0.5) is 0 Å². The lowest BCUT2D eigenvalue weighted by molar-refractivity contribution is -0.139. The minimum atomic E-state index is -0.844. The van der Waals surface area contributed by atoms with Crippen LogP contribution in [0.1, 0.15) is 39.0 Å². The predicted molar refractivity (Wildman–Crippen MR) is 70.7 cm³/mol. The monoisotopic (exact) mass is 272 g/mol. The van der Waals surface area contributed by atoms with E-state index in [2.05, 4.69) is 0 Å². The van der Waals surface area contributed by atoms with E-state index in [0.717, 1.165) is 12.8 Å². The van der Waals surface area contributed by atoms with Crippen molar-refractivity contribution in [1.29, 1.82) is 0 Å².